The first-order valence-corrected chi connectivity index (χ1v) is 7.52. The second kappa shape index (κ2) is 10.7. The minimum Gasteiger partial charge on any atom is -0.399 e. The largest absolute Gasteiger partial charge is 0.399 e. The number of morpholine rings is 1. The van der Waals surface area contributed by atoms with E-state index < -0.39 is 0 Å². The molecule has 1 aromatic carbocycles. The van der Waals surface area contributed by atoms with E-state index in [-0.39, 0.29) is 36.8 Å². The second-order valence-electron chi connectivity index (χ2n) is 5.66. The van der Waals surface area contributed by atoms with E-state index in [1.807, 2.05) is 24.3 Å². The van der Waals surface area contributed by atoms with Gasteiger partial charge in [-0.2, -0.15) is 0 Å². The molecule has 132 valence electrons. The number of benzene rings is 1. The van der Waals surface area contributed by atoms with Crippen molar-refractivity contribution in [3.63, 3.8) is 0 Å². The average Bonchev–Trinajstić information content (AvgIpc) is 2.49. The van der Waals surface area contributed by atoms with Crippen LogP contribution in [0.4, 0.5) is 5.69 Å². The van der Waals surface area contributed by atoms with E-state index in [0.717, 1.165) is 31.9 Å². The highest BCUT2D eigenvalue weighted by Crippen LogP contribution is 2.09. The summed E-state index contributed by atoms with van der Waals surface area (Å²) in [6.45, 7) is 7.62. The molecule has 1 fully saturated rings. The van der Waals surface area contributed by atoms with Crippen LogP contribution in [0.5, 0.6) is 0 Å². The highest BCUT2D eigenvalue weighted by Gasteiger charge is 2.23. The first kappa shape index (κ1) is 22.0. The number of carbonyl (C=O) groups excluding carboxylic acids is 1. The third-order valence-corrected chi connectivity index (χ3v) is 4.08. The van der Waals surface area contributed by atoms with E-state index in [9.17, 15) is 4.79 Å². The molecule has 0 bridgehead atoms. The Kier molecular flexibility index (Phi) is 10.2. The fourth-order valence-electron chi connectivity index (χ4n) is 2.55. The van der Waals surface area contributed by atoms with Crippen LogP contribution in [-0.2, 0) is 16.0 Å². The molecule has 1 aromatic rings. The Morgan fingerprint density at radius 1 is 1.22 bits per heavy atom. The van der Waals surface area contributed by atoms with E-state index in [1.54, 1.807) is 0 Å². The lowest BCUT2D eigenvalue weighted by molar-refractivity contribution is -0.121. The van der Waals surface area contributed by atoms with Crippen molar-refractivity contribution in [2.24, 2.45) is 0 Å². The van der Waals surface area contributed by atoms with E-state index >= 15 is 0 Å². The van der Waals surface area contributed by atoms with E-state index in [1.165, 1.54) is 0 Å². The average molecular weight is 364 g/mol. The molecule has 23 heavy (non-hydrogen) atoms. The van der Waals surface area contributed by atoms with Crippen molar-refractivity contribution in [2.45, 2.75) is 32.4 Å². The van der Waals surface area contributed by atoms with E-state index in [2.05, 4.69) is 24.1 Å². The smallest absolute Gasteiger partial charge is 0.224 e. The molecular formula is C16H27Cl2N3O2. The lowest BCUT2D eigenvalue weighted by Gasteiger charge is -2.35. The zero-order valence-corrected chi connectivity index (χ0v) is 15.3. The number of nitrogens with zero attached hydrogens (tertiary/aromatic N) is 1. The van der Waals surface area contributed by atoms with Crippen molar-refractivity contribution in [1.29, 1.82) is 0 Å². The number of hydrogen-bond donors (Lipinski definition) is 2. The Morgan fingerprint density at radius 3 is 2.35 bits per heavy atom. The SMILES string of the molecule is CC(NC(=O)Cc1ccc(N)cc1)C(C)N1CCOCC1.Cl.Cl. The van der Waals surface area contributed by atoms with E-state index in [0.29, 0.717) is 18.2 Å². The van der Waals surface area contributed by atoms with Gasteiger partial charge in [0.1, 0.15) is 0 Å². The van der Waals surface area contributed by atoms with E-state index in [4.69, 9.17) is 10.5 Å². The van der Waals surface area contributed by atoms with Crippen molar-refractivity contribution in [3.05, 3.63) is 29.8 Å². The molecule has 0 saturated carbocycles. The molecule has 2 atom stereocenters. The molecule has 2 unspecified atom stereocenters. The molecule has 1 amide bonds. The first-order valence-electron chi connectivity index (χ1n) is 7.52. The monoisotopic (exact) mass is 363 g/mol. The molecule has 7 heteroatoms. The summed E-state index contributed by atoms with van der Waals surface area (Å²) in [6, 6.07) is 7.86. The van der Waals surface area contributed by atoms with Crippen LogP contribution in [-0.4, -0.2) is 49.2 Å². The van der Waals surface area contributed by atoms with Gasteiger partial charge in [-0.3, -0.25) is 9.69 Å². The van der Waals surface area contributed by atoms with Gasteiger partial charge in [-0.1, -0.05) is 12.1 Å². The first-order chi connectivity index (χ1) is 10.1. The van der Waals surface area contributed by atoms with Crippen molar-refractivity contribution in [2.75, 3.05) is 32.0 Å². The number of rotatable bonds is 5. The number of carbonyl (C=O) groups is 1. The molecule has 1 aliphatic heterocycles. The quantitative estimate of drug-likeness (QED) is 0.783. The zero-order valence-electron chi connectivity index (χ0n) is 13.7. The van der Waals surface area contributed by atoms with Crippen LogP contribution in [0, 0.1) is 0 Å². The molecular weight excluding hydrogens is 337 g/mol. The summed E-state index contributed by atoms with van der Waals surface area (Å²) in [4.78, 5) is 14.5. The predicted molar refractivity (Wildman–Crippen MR) is 98.5 cm³/mol. The summed E-state index contributed by atoms with van der Waals surface area (Å²) in [5, 5.41) is 3.09. The van der Waals surface area contributed by atoms with Crippen LogP contribution in [0.25, 0.3) is 0 Å². The molecule has 2 rings (SSSR count). The fraction of sp³-hybridized carbons (Fsp3) is 0.562. The maximum Gasteiger partial charge on any atom is 0.224 e. The fourth-order valence-corrected chi connectivity index (χ4v) is 2.55. The number of hydrogen-bond acceptors (Lipinski definition) is 4. The topological polar surface area (TPSA) is 67.6 Å². The van der Waals surface area contributed by atoms with Crippen LogP contribution in [0.3, 0.4) is 0 Å². The maximum atomic E-state index is 12.1. The van der Waals surface area contributed by atoms with Gasteiger partial charge in [0.05, 0.1) is 19.6 Å². The Bertz CT molecular complexity index is 465. The standard InChI is InChI=1S/C16H25N3O2.2ClH/c1-12(13(2)19-7-9-21-10-8-19)18-16(20)11-14-3-5-15(17)6-4-14;;/h3-6,12-13H,7-11,17H2,1-2H3,(H,18,20);2*1H. The molecule has 0 radical (unpaired) electrons. The van der Waals surface area contributed by atoms with Crippen LogP contribution in [0.1, 0.15) is 19.4 Å². The van der Waals surface area contributed by atoms with Crippen LogP contribution >= 0.6 is 24.8 Å². The van der Waals surface area contributed by atoms with Crippen molar-refractivity contribution < 1.29 is 9.53 Å². The number of nitrogens with two attached hydrogens (primary N) is 1. The van der Waals surface area contributed by atoms with Crippen molar-refractivity contribution >= 4 is 36.4 Å². The minimum absolute atomic E-state index is 0. The normalized spacial score (nSPS) is 17.3. The van der Waals surface area contributed by atoms with Gasteiger partial charge in [0, 0.05) is 30.9 Å². The lowest BCUT2D eigenvalue weighted by Crippen LogP contribution is -2.52. The molecule has 1 saturated heterocycles. The summed E-state index contributed by atoms with van der Waals surface area (Å²) in [5.74, 6) is 0.0485. The van der Waals surface area contributed by atoms with Gasteiger partial charge < -0.3 is 15.8 Å². The second-order valence-corrected chi connectivity index (χ2v) is 5.66. The molecule has 1 aliphatic rings. The maximum absolute atomic E-state index is 12.1. The van der Waals surface area contributed by atoms with Crippen LogP contribution in [0.15, 0.2) is 24.3 Å². The summed E-state index contributed by atoms with van der Waals surface area (Å²) in [5.41, 5.74) is 7.34. The van der Waals surface area contributed by atoms with Gasteiger partial charge in [0.25, 0.3) is 0 Å². The number of nitrogens with one attached hydrogen (secondary N) is 1. The Labute approximate surface area is 150 Å². The summed E-state index contributed by atoms with van der Waals surface area (Å²) in [7, 11) is 0. The van der Waals surface area contributed by atoms with Crippen molar-refractivity contribution in [1.82, 2.24) is 10.2 Å². The van der Waals surface area contributed by atoms with Gasteiger partial charge in [0.2, 0.25) is 5.91 Å². The molecule has 1 heterocycles. The lowest BCUT2D eigenvalue weighted by atomic mass is 10.1. The van der Waals surface area contributed by atoms with Gasteiger partial charge in [0.15, 0.2) is 0 Å². The van der Waals surface area contributed by atoms with Crippen molar-refractivity contribution in [3.8, 4) is 0 Å². The van der Waals surface area contributed by atoms with Gasteiger partial charge in [-0.15, -0.1) is 24.8 Å². The number of nitrogen functional groups attached to an aromatic ring is 1. The van der Waals surface area contributed by atoms with Gasteiger partial charge >= 0.3 is 0 Å². The molecule has 3 N–H and O–H groups in total. The van der Waals surface area contributed by atoms with Crippen LogP contribution < -0.4 is 11.1 Å². The minimum atomic E-state index is 0. The number of ether oxygens (including phenoxy) is 1. The van der Waals surface area contributed by atoms with Gasteiger partial charge in [-0.05, 0) is 31.5 Å². The third-order valence-electron chi connectivity index (χ3n) is 4.08. The molecule has 0 aromatic heterocycles. The summed E-state index contributed by atoms with van der Waals surface area (Å²) >= 11 is 0. The number of anilines is 1. The predicted octanol–water partition coefficient (Wildman–Crippen LogP) is 1.88. The Balaban J connectivity index is 0.00000242. The number of halogens is 2. The third kappa shape index (κ3) is 6.96. The summed E-state index contributed by atoms with van der Waals surface area (Å²) < 4.78 is 5.36. The van der Waals surface area contributed by atoms with Gasteiger partial charge in [-0.25, -0.2) is 0 Å². The molecule has 5 nitrogen and oxygen atoms in total. The van der Waals surface area contributed by atoms with Crippen LogP contribution in [0.2, 0.25) is 0 Å². The molecule has 0 spiro atoms. The Hall–Kier alpha value is -1.01. The highest BCUT2D eigenvalue weighted by atomic mass is 35.5. The summed E-state index contributed by atoms with van der Waals surface area (Å²) in [6.07, 6.45) is 0.389. The number of amides is 1. The Morgan fingerprint density at radius 2 is 1.78 bits per heavy atom. The zero-order chi connectivity index (χ0) is 15.2. The molecule has 0 aliphatic carbocycles. The highest BCUT2D eigenvalue weighted by molar-refractivity contribution is 5.85.